The quantitative estimate of drug-likeness (QED) is 0.862. The van der Waals surface area contributed by atoms with Gasteiger partial charge in [0.2, 0.25) is 10.0 Å². The number of anilines is 1. The zero-order valence-corrected chi connectivity index (χ0v) is 13.1. The topological polar surface area (TPSA) is 58.2 Å². The summed E-state index contributed by atoms with van der Waals surface area (Å²) >= 11 is 0. The highest BCUT2D eigenvalue weighted by molar-refractivity contribution is 7.89. The number of sulfonamides is 1. The molecule has 0 aliphatic rings. The van der Waals surface area contributed by atoms with Gasteiger partial charge in [-0.25, -0.2) is 13.1 Å². The van der Waals surface area contributed by atoms with Gasteiger partial charge < -0.3 is 5.32 Å². The number of rotatable bonds is 6. The lowest BCUT2D eigenvalue weighted by Crippen LogP contribution is -2.23. The third-order valence-electron chi connectivity index (χ3n) is 3.08. The van der Waals surface area contributed by atoms with Crippen LogP contribution in [0.25, 0.3) is 0 Å². The molecule has 0 spiro atoms. The second kappa shape index (κ2) is 6.74. The van der Waals surface area contributed by atoms with Crippen molar-refractivity contribution < 1.29 is 8.42 Å². The zero-order valence-electron chi connectivity index (χ0n) is 12.3. The third kappa shape index (κ3) is 4.31. The van der Waals surface area contributed by atoms with Gasteiger partial charge in [-0.05, 0) is 36.8 Å². The highest BCUT2D eigenvalue weighted by atomic mass is 32.2. The van der Waals surface area contributed by atoms with E-state index in [9.17, 15) is 8.42 Å². The van der Waals surface area contributed by atoms with Gasteiger partial charge in [0.05, 0.1) is 4.90 Å². The molecule has 2 aromatic rings. The van der Waals surface area contributed by atoms with Crippen LogP contribution in [0.15, 0.2) is 53.4 Å². The summed E-state index contributed by atoms with van der Waals surface area (Å²) in [5.74, 6) is 0. The van der Waals surface area contributed by atoms with Gasteiger partial charge in [0.15, 0.2) is 0 Å². The number of hydrogen-bond acceptors (Lipinski definition) is 3. The Morgan fingerprint density at radius 2 is 1.76 bits per heavy atom. The fourth-order valence-corrected chi connectivity index (χ4v) is 3.09. The lowest BCUT2D eigenvalue weighted by Gasteiger charge is -2.09. The molecule has 0 saturated carbocycles. The molecule has 0 aliphatic carbocycles. The van der Waals surface area contributed by atoms with E-state index in [4.69, 9.17) is 0 Å². The van der Waals surface area contributed by atoms with Crippen LogP contribution >= 0.6 is 0 Å². The summed E-state index contributed by atoms with van der Waals surface area (Å²) in [5.41, 5.74) is 3.31. The molecule has 0 saturated heterocycles. The fourth-order valence-electron chi connectivity index (χ4n) is 2.05. The van der Waals surface area contributed by atoms with Crippen molar-refractivity contribution in [2.75, 3.05) is 11.9 Å². The van der Waals surface area contributed by atoms with E-state index in [1.54, 1.807) is 31.2 Å². The van der Waals surface area contributed by atoms with Gasteiger partial charge >= 0.3 is 0 Å². The van der Waals surface area contributed by atoms with Crippen LogP contribution in [-0.4, -0.2) is 15.0 Å². The summed E-state index contributed by atoms with van der Waals surface area (Å²) in [7, 11) is -3.38. The first-order chi connectivity index (χ1) is 10.0. The second-order valence-corrected chi connectivity index (χ2v) is 6.64. The molecule has 0 fully saturated rings. The maximum absolute atomic E-state index is 11.8. The summed E-state index contributed by atoms with van der Waals surface area (Å²) in [5, 5.41) is 3.28. The summed E-state index contributed by atoms with van der Waals surface area (Å²) in [6, 6.07) is 15.0. The first kappa shape index (κ1) is 15.5. The van der Waals surface area contributed by atoms with E-state index in [1.807, 2.05) is 6.07 Å². The second-order valence-electron chi connectivity index (χ2n) is 4.87. The molecule has 4 nitrogen and oxygen atoms in total. The average molecular weight is 304 g/mol. The first-order valence-electron chi connectivity index (χ1n) is 6.90. The molecular weight excluding hydrogens is 284 g/mol. The van der Waals surface area contributed by atoms with Crippen molar-refractivity contribution >= 4 is 15.7 Å². The Balaban J connectivity index is 2.03. The van der Waals surface area contributed by atoms with Gasteiger partial charge in [-0.1, -0.05) is 36.8 Å². The SMILES string of the molecule is CCNS(=O)(=O)c1ccc(NCc2cccc(C)c2)cc1. The van der Waals surface area contributed by atoms with Gasteiger partial charge in [0, 0.05) is 18.8 Å². The van der Waals surface area contributed by atoms with E-state index in [1.165, 1.54) is 11.1 Å². The van der Waals surface area contributed by atoms with Crippen LogP contribution in [0.3, 0.4) is 0 Å². The highest BCUT2D eigenvalue weighted by Gasteiger charge is 2.11. The smallest absolute Gasteiger partial charge is 0.240 e. The molecule has 0 radical (unpaired) electrons. The molecule has 21 heavy (non-hydrogen) atoms. The molecule has 5 heteroatoms. The molecule has 0 aliphatic heterocycles. The molecule has 0 bridgehead atoms. The molecule has 0 amide bonds. The standard InChI is InChI=1S/C16H20N2O2S/c1-3-18-21(19,20)16-9-7-15(8-10-16)17-12-14-6-4-5-13(2)11-14/h4-11,17-18H,3,12H2,1-2H3. The Hall–Kier alpha value is -1.85. The van der Waals surface area contributed by atoms with Gasteiger partial charge in [-0.3, -0.25) is 0 Å². The monoisotopic (exact) mass is 304 g/mol. The Morgan fingerprint density at radius 1 is 1.05 bits per heavy atom. The molecule has 112 valence electrons. The summed E-state index contributed by atoms with van der Waals surface area (Å²) in [6.07, 6.45) is 0. The minimum absolute atomic E-state index is 0.283. The van der Waals surface area contributed by atoms with Crippen molar-refractivity contribution in [2.24, 2.45) is 0 Å². The Bertz CT molecular complexity index is 694. The van der Waals surface area contributed by atoms with Crippen LogP contribution in [-0.2, 0) is 16.6 Å². The van der Waals surface area contributed by atoms with Crippen LogP contribution in [0, 0.1) is 6.92 Å². The average Bonchev–Trinajstić information content (AvgIpc) is 2.46. The van der Waals surface area contributed by atoms with E-state index < -0.39 is 10.0 Å². The first-order valence-corrected chi connectivity index (χ1v) is 8.39. The molecule has 0 heterocycles. The highest BCUT2D eigenvalue weighted by Crippen LogP contribution is 2.15. The van der Waals surface area contributed by atoms with Crippen molar-refractivity contribution in [1.82, 2.24) is 4.72 Å². The van der Waals surface area contributed by atoms with Crippen LogP contribution in [0.1, 0.15) is 18.1 Å². The number of aryl methyl sites for hydroxylation is 1. The van der Waals surface area contributed by atoms with E-state index in [0.29, 0.717) is 13.1 Å². The van der Waals surface area contributed by atoms with E-state index in [2.05, 4.69) is 35.2 Å². The van der Waals surface area contributed by atoms with Crippen molar-refractivity contribution in [3.05, 3.63) is 59.7 Å². The minimum atomic E-state index is -3.38. The van der Waals surface area contributed by atoms with Crippen molar-refractivity contribution in [2.45, 2.75) is 25.3 Å². The Labute approximate surface area is 126 Å². The maximum Gasteiger partial charge on any atom is 0.240 e. The predicted octanol–water partition coefficient (Wildman–Crippen LogP) is 2.91. The van der Waals surface area contributed by atoms with Crippen molar-refractivity contribution in [3.63, 3.8) is 0 Å². The number of benzene rings is 2. The van der Waals surface area contributed by atoms with Crippen molar-refractivity contribution in [3.8, 4) is 0 Å². The van der Waals surface area contributed by atoms with E-state index >= 15 is 0 Å². The molecular formula is C16H20N2O2S. The molecule has 0 atom stereocenters. The largest absolute Gasteiger partial charge is 0.381 e. The zero-order chi connectivity index (χ0) is 15.3. The normalized spacial score (nSPS) is 11.3. The Morgan fingerprint density at radius 3 is 2.38 bits per heavy atom. The van der Waals surface area contributed by atoms with Crippen molar-refractivity contribution in [1.29, 1.82) is 0 Å². The molecule has 0 aromatic heterocycles. The van der Waals surface area contributed by atoms with E-state index in [0.717, 1.165) is 5.69 Å². The fraction of sp³-hybridized carbons (Fsp3) is 0.250. The molecule has 2 rings (SSSR count). The minimum Gasteiger partial charge on any atom is -0.381 e. The van der Waals surface area contributed by atoms with Crippen LogP contribution in [0.5, 0.6) is 0 Å². The van der Waals surface area contributed by atoms with Gasteiger partial charge in [-0.2, -0.15) is 0 Å². The molecule has 2 N–H and O–H groups in total. The predicted molar refractivity (Wildman–Crippen MR) is 85.8 cm³/mol. The third-order valence-corrected chi connectivity index (χ3v) is 4.64. The van der Waals surface area contributed by atoms with E-state index in [-0.39, 0.29) is 4.90 Å². The number of nitrogens with one attached hydrogen (secondary N) is 2. The van der Waals surface area contributed by atoms with Crippen LogP contribution in [0.2, 0.25) is 0 Å². The van der Waals surface area contributed by atoms with Crippen LogP contribution in [0.4, 0.5) is 5.69 Å². The summed E-state index contributed by atoms with van der Waals surface area (Å²) in [4.78, 5) is 0.283. The summed E-state index contributed by atoms with van der Waals surface area (Å²) in [6.45, 7) is 4.91. The molecule has 0 unspecified atom stereocenters. The van der Waals surface area contributed by atoms with Gasteiger partial charge in [-0.15, -0.1) is 0 Å². The van der Waals surface area contributed by atoms with Crippen LogP contribution < -0.4 is 10.0 Å². The Kier molecular flexibility index (Phi) is 4.98. The lowest BCUT2D eigenvalue weighted by molar-refractivity contribution is 0.584. The van der Waals surface area contributed by atoms with Gasteiger partial charge in [0.25, 0.3) is 0 Å². The lowest BCUT2D eigenvalue weighted by atomic mass is 10.1. The van der Waals surface area contributed by atoms with Gasteiger partial charge in [0.1, 0.15) is 0 Å². The summed E-state index contributed by atoms with van der Waals surface area (Å²) < 4.78 is 26.1. The molecule has 2 aromatic carbocycles. The maximum atomic E-state index is 11.8. The number of hydrogen-bond donors (Lipinski definition) is 2.